The first-order valence-corrected chi connectivity index (χ1v) is 8.05. The highest BCUT2D eigenvalue weighted by Crippen LogP contribution is 2.46. The maximum atomic E-state index is 12.6. The lowest BCUT2D eigenvalue weighted by atomic mass is 9.96. The number of rotatable bonds is 4. The summed E-state index contributed by atoms with van der Waals surface area (Å²) in [6.07, 6.45) is 0.763. The molecule has 0 saturated carbocycles. The van der Waals surface area contributed by atoms with E-state index in [0.717, 1.165) is 15.8 Å². The average Bonchev–Trinajstić information content (AvgIpc) is 2.93. The maximum Gasteiger partial charge on any atom is 0.358 e. The number of carbonyl (C=O) groups is 3. The molecule has 1 amide bonds. The molecule has 3 heterocycles. The van der Waals surface area contributed by atoms with E-state index in [2.05, 4.69) is 10.3 Å². The Morgan fingerprint density at radius 1 is 1.43 bits per heavy atom. The Kier molecular flexibility index (Phi) is 3.01. The third-order valence-corrected chi connectivity index (χ3v) is 7.04. The van der Waals surface area contributed by atoms with Crippen molar-refractivity contribution in [2.75, 3.05) is 0 Å². The van der Waals surface area contributed by atoms with Gasteiger partial charge in [-0.2, -0.15) is 0 Å². The van der Waals surface area contributed by atoms with Crippen LogP contribution in [0, 0.1) is 0 Å². The van der Waals surface area contributed by atoms with E-state index in [0.29, 0.717) is 0 Å². The average molecular weight is 344 g/mol. The number of carboxylic acid groups (broad SMARTS) is 2. The predicted molar refractivity (Wildman–Crippen MR) is 71.0 cm³/mol. The zero-order valence-electron chi connectivity index (χ0n) is 11.8. The number of sulfone groups is 1. The first-order valence-electron chi connectivity index (χ1n) is 6.50. The SMILES string of the molecule is C[C@]1(Cn2cc(C(=O)O)nn2)[C@H](C(=O)O)N2C(=O)C[C@@H]2S1(=O)=O. The lowest BCUT2D eigenvalue weighted by molar-refractivity contribution is -0.157. The van der Waals surface area contributed by atoms with Crippen molar-refractivity contribution < 1.29 is 33.0 Å². The van der Waals surface area contributed by atoms with Gasteiger partial charge in [0.05, 0.1) is 19.2 Å². The lowest BCUT2D eigenvalue weighted by Crippen LogP contribution is -2.58. The Bertz CT molecular complexity index is 831. The summed E-state index contributed by atoms with van der Waals surface area (Å²) in [4.78, 5) is 34.8. The van der Waals surface area contributed by atoms with Crippen LogP contribution in [0.25, 0.3) is 0 Å². The summed E-state index contributed by atoms with van der Waals surface area (Å²) < 4.78 is 24.4. The van der Waals surface area contributed by atoms with Crippen molar-refractivity contribution in [1.29, 1.82) is 0 Å². The Labute approximate surface area is 129 Å². The van der Waals surface area contributed by atoms with Crippen LogP contribution in [0.4, 0.5) is 0 Å². The molecule has 2 aliphatic rings. The number of aliphatic carboxylic acids is 1. The molecule has 2 N–H and O–H groups in total. The molecule has 0 unspecified atom stereocenters. The first-order chi connectivity index (χ1) is 10.6. The summed E-state index contributed by atoms with van der Waals surface area (Å²) in [5.41, 5.74) is -0.393. The van der Waals surface area contributed by atoms with Gasteiger partial charge in [0.1, 0.15) is 10.1 Å². The van der Waals surface area contributed by atoms with Crippen LogP contribution in [0.2, 0.25) is 0 Å². The highest BCUT2D eigenvalue weighted by molar-refractivity contribution is 7.93. The van der Waals surface area contributed by atoms with E-state index >= 15 is 0 Å². The monoisotopic (exact) mass is 344 g/mol. The fourth-order valence-electron chi connectivity index (χ4n) is 3.08. The Morgan fingerprint density at radius 2 is 2.09 bits per heavy atom. The van der Waals surface area contributed by atoms with Crippen LogP contribution in [0.3, 0.4) is 0 Å². The lowest BCUT2D eigenvalue weighted by Gasteiger charge is -2.35. The minimum Gasteiger partial charge on any atom is -0.480 e. The number of fused-ring (bicyclic) bond motifs is 1. The van der Waals surface area contributed by atoms with Crippen molar-refractivity contribution in [2.24, 2.45) is 0 Å². The highest BCUT2D eigenvalue weighted by atomic mass is 32.2. The van der Waals surface area contributed by atoms with Crippen molar-refractivity contribution >= 4 is 27.7 Å². The van der Waals surface area contributed by atoms with Gasteiger partial charge in [0.25, 0.3) is 0 Å². The van der Waals surface area contributed by atoms with E-state index in [9.17, 15) is 27.9 Å². The van der Waals surface area contributed by atoms with Crippen LogP contribution < -0.4 is 0 Å². The van der Waals surface area contributed by atoms with Gasteiger partial charge in [-0.25, -0.2) is 22.7 Å². The van der Waals surface area contributed by atoms with E-state index < -0.39 is 56.1 Å². The van der Waals surface area contributed by atoms with Crippen molar-refractivity contribution in [3.63, 3.8) is 0 Å². The van der Waals surface area contributed by atoms with E-state index in [-0.39, 0.29) is 6.42 Å². The maximum absolute atomic E-state index is 12.6. The number of aromatic carboxylic acids is 1. The summed E-state index contributed by atoms with van der Waals surface area (Å²) in [6, 6.07) is -1.56. The third-order valence-electron chi connectivity index (χ3n) is 4.28. The molecule has 2 aliphatic heterocycles. The van der Waals surface area contributed by atoms with Gasteiger partial charge in [0.15, 0.2) is 21.6 Å². The van der Waals surface area contributed by atoms with E-state index in [1.807, 2.05) is 0 Å². The summed E-state index contributed by atoms with van der Waals surface area (Å²) >= 11 is 0. The van der Waals surface area contributed by atoms with Gasteiger partial charge in [-0.3, -0.25) is 4.79 Å². The first kappa shape index (κ1) is 15.4. The molecule has 1 aromatic rings. The number of hydrogen-bond acceptors (Lipinski definition) is 7. The fraction of sp³-hybridized carbons (Fsp3) is 0.545. The van der Waals surface area contributed by atoms with Crippen LogP contribution in [0.5, 0.6) is 0 Å². The molecule has 0 spiro atoms. The second-order valence-electron chi connectivity index (χ2n) is 5.66. The van der Waals surface area contributed by atoms with Crippen molar-refractivity contribution in [3.8, 4) is 0 Å². The van der Waals surface area contributed by atoms with E-state index in [1.165, 1.54) is 6.92 Å². The molecule has 2 fully saturated rings. The van der Waals surface area contributed by atoms with Crippen LogP contribution in [-0.2, 0) is 26.0 Å². The standard InChI is InChI=1S/C11H12N4O7S/c1-11(4-14-3-5(9(17)18)12-13-14)8(10(19)20)15-6(16)2-7(15)23(11,21)22/h3,7-8H,2,4H2,1H3,(H,17,18)(H,19,20)/t7-,8-,11-/m0/s1. The smallest absolute Gasteiger partial charge is 0.358 e. The van der Waals surface area contributed by atoms with Gasteiger partial charge in [-0.1, -0.05) is 5.21 Å². The molecule has 1 aromatic heterocycles. The van der Waals surface area contributed by atoms with Crippen molar-refractivity contribution in [2.45, 2.75) is 36.1 Å². The number of amides is 1. The molecule has 0 bridgehead atoms. The second kappa shape index (κ2) is 4.50. The third kappa shape index (κ3) is 1.87. The quantitative estimate of drug-likeness (QED) is 0.599. The molecule has 0 radical (unpaired) electrons. The molecule has 12 heteroatoms. The van der Waals surface area contributed by atoms with E-state index in [1.54, 1.807) is 0 Å². The number of carboxylic acids is 2. The predicted octanol–water partition coefficient (Wildman–Crippen LogP) is -1.82. The molecule has 3 rings (SSSR count). The minimum absolute atomic E-state index is 0.251. The number of aromatic nitrogens is 3. The highest BCUT2D eigenvalue weighted by Gasteiger charge is 2.70. The summed E-state index contributed by atoms with van der Waals surface area (Å²) in [5.74, 6) is -3.32. The molecule has 0 aliphatic carbocycles. The van der Waals surface area contributed by atoms with Crippen LogP contribution >= 0.6 is 0 Å². The van der Waals surface area contributed by atoms with Crippen LogP contribution in [-0.4, -0.2) is 72.5 Å². The van der Waals surface area contributed by atoms with Gasteiger partial charge >= 0.3 is 11.9 Å². The molecule has 0 aromatic carbocycles. The van der Waals surface area contributed by atoms with Gasteiger partial charge in [-0.05, 0) is 6.92 Å². The van der Waals surface area contributed by atoms with Crippen LogP contribution in [0.1, 0.15) is 23.8 Å². The topological polar surface area (TPSA) is 160 Å². The van der Waals surface area contributed by atoms with Crippen molar-refractivity contribution in [3.05, 3.63) is 11.9 Å². The molecule has 11 nitrogen and oxygen atoms in total. The van der Waals surface area contributed by atoms with Gasteiger partial charge in [-0.15, -0.1) is 5.10 Å². The fourth-order valence-corrected chi connectivity index (χ4v) is 5.44. The molecular weight excluding hydrogens is 332 g/mol. The molecule has 23 heavy (non-hydrogen) atoms. The molecule has 2 saturated heterocycles. The van der Waals surface area contributed by atoms with Crippen LogP contribution in [0.15, 0.2) is 6.20 Å². The number of nitrogens with zero attached hydrogens (tertiary/aromatic N) is 4. The number of β-lactam (4-membered cyclic amide) rings is 1. The Balaban J connectivity index is 2.04. The number of carbonyl (C=O) groups excluding carboxylic acids is 1. The molecule has 124 valence electrons. The van der Waals surface area contributed by atoms with Gasteiger partial charge in [0, 0.05) is 0 Å². The zero-order chi connectivity index (χ0) is 17.2. The Morgan fingerprint density at radius 3 is 2.57 bits per heavy atom. The van der Waals surface area contributed by atoms with E-state index in [4.69, 9.17) is 5.11 Å². The van der Waals surface area contributed by atoms with Crippen molar-refractivity contribution in [1.82, 2.24) is 19.9 Å². The zero-order valence-corrected chi connectivity index (χ0v) is 12.6. The summed E-state index contributed by atoms with van der Waals surface area (Å²) in [7, 11) is -3.98. The van der Waals surface area contributed by atoms with Gasteiger partial charge < -0.3 is 15.1 Å². The minimum atomic E-state index is -3.98. The Hall–Kier alpha value is -2.50. The summed E-state index contributed by atoms with van der Waals surface area (Å²) in [5, 5.41) is 23.9. The normalized spacial score (nSPS) is 31.5. The second-order valence-corrected chi connectivity index (χ2v) is 8.23. The molecule has 3 atom stereocenters. The van der Waals surface area contributed by atoms with Gasteiger partial charge in [0.2, 0.25) is 5.91 Å². The number of hydrogen-bond donors (Lipinski definition) is 2. The largest absolute Gasteiger partial charge is 0.480 e. The molecular formula is C11H12N4O7S. The summed E-state index contributed by atoms with van der Waals surface area (Å²) in [6.45, 7) is 0.793.